The number of hydrogen-bond acceptors (Lipinski definition) is 22. The monoisotopic (exact) mass is 1030 g/mol. The second kappa shape index (κ2) is 20.1. The summed E-state index contributed by atoms with van der Waals surface area (Å²) in [7, 11) is 11.5. The van der Waals surface area contributed by atoms with Crippen LogP contribution in [0.15, 0.2) is 48.5 Å². The van der Waals surface area contributed by atoms with Gasteiger partial charge in [0.05, 0.1) is 67.7 Å². The number of carbonyl (C=O) groups excluding carboxylic acids is 4. The molecule has 0 amide bonds. The number of cyclic esters (lactones) is 2. The van der Waals surface area contributed by atoms with Gasteiger partial charge in [-0.2, -0.15) is 0 Å². The van der Waals surface area contributed by atoms with Crippen molar-refractivity contribution in [3.63, 3.8) is 0 Å². The Morgan fingerprint density at radius 2 is 0.847 bits per heavy atom. The summed E-state index contributed by atoms with van der Waals surface area (Å²) in [6, 6.07) is 12.0. The van der Waals surface area contributed by atoms with Gasteiger partial charge in [0.15, 0.2) is 46.0 Å². The number of rotatable bonds is 17. The van der Waals surface area contributed by atoms with Crippen LogP contribution in [0.5, 0.6) is 57.5 Å². The van der Waals surface area contributed by atoms with Crippen molar-refractivity contribution in [2.75, 3.05) is 81.0 Å². The molecule has 20 nitrogen and oxygen atoms in total. The van der Waals surface area contributed by atoms with Gasteiger partial charge in [0, 0.05) is 46.3 Å². The Balaban J connectivity index is 0.827. The highest BCUT2D eigenvalue weighted by Gasteiger charge is 2.56. The molecule has 22 heteroatoms. The molecular weight excluding hydrogens is 981 g/mol. The highest BCUT2D eigenvalue weighted by molar-refractivity contribution is 8.76. The summed E-state index contributed by atoms with van der Waals surface area (Å²) in [6.07, 6.45) is -1.88. The molecule has 0 radical (unpaired) electrons. The SMILES string of the molecule is COc1cc([C@@H]2c3cc4c(cc3[C@H](OC(=O)[C@@H](N)CSSC[C@H](N)C(=O)O[C@H]3c5cc6c(cc5[C@@H](c5cc(OC)c(OC)c(OC)c5)[C@H]5C(=O)OC[C@@H]53)OCO6)[C@H]3COC(=O)[C@H]23)OCO4)cc(OC)c1OC. The van der Waals surface area contributed by atoms with Crippen molar-refractivity contribution < 1.29 is 85.5 Å². The van der Waals surface area contributed by atoms with Crippen LogP contribution in [-0.4, -0.2) is 117 Å². The first-order chi connectivity index (χ1) is 34.9. The van der Waals surface area contributed by atoms with Crippen molar-refractivity contribution in [3.8, 4) is 57.5 Å². The van der Waals surface area contributed by atoms with Gasteiger partial charge in [-0.1, -0.05) is 21.6 Å². The number of hydrogen-bond donors (Lipinski definition) is 2. The van der Waals surface area contributed by atoms with E-state index in [0.29, 0.717) is 90.9 Å². The van der Waals surface area contributed by atoms with Crippen molar-refractivity contribution >= 4 is 45.5 Å². The zero-order chi connectivity index (χ0) is 50.5. The summed E-state index contributed by atoms with van der Waals surface area (Å²) < 4.78 is 80.6. The van der Waals surface area contributed by atoms with Gasteiger partial charge in [-0.3, -0.25) is 19.2 Å². The number of fused-ring (bicyclic) bond motifs is 6. The molecule has 72 heavy (non-hydrogen) atoms. The third-order valence-electron chi connectivity index (χ3n) is 14.0. The molecule has 0 aromatic heterocycles. The lowest BCUT2D eigenvalue weighted by Crippen LogP contribution is -2.41. The van der Waals surface area contributed by atoms with E-state index in [1.807, 2.05) is 0 Å². The number of esters is 4. The standard InChI is InChI=1S/C50H52N2O18S2/c1-57-35-7-21(8-36(58-2)45(35)61-5)39-23-11-31-33(67-19-65-31)13-25(23)43(27-15-63-49(55)41(27)39)69-47(53)29(51)17-71-72-18-30(52)48(54)70-44-26-14-34-32(66-20-68-34)12-24(26)40(42-28(44)16-64-50(42)56)22-9-37(59-3)46(62-6)38(10-22)60-4/h7-14,27-30,39-44H,15-20,51-52H2,1-6H3/t27-,28-,29-,30-,39+,40+,41-,42-,43-,44-/m0/s1. The fourth-order valence-electron chi connectivity index (χ4n) is 10.7. The van der Waals surface area contributed by atoms with Crippen LogP contribution < -0.4 is 58.8 Å². The van der Waals surface area contributed by atoms with Crippen LogP contribution in [0, 0.1) is 23.7 Å². The lowest BCUT2D eigenvalue weighted by atomic mass is 9.66. The lowest BCUT2D eigenvalue weighted by molar-refractivity contribution is -0.156. The van der Waals surface area contributed by atoms with Crippen molar-refractivity contribution in [1.29, 1.82) is 0 Å². The number of carbonyl (C=O) groups is 4. The molecular formula is C50H52N2O18S2. The normalized spacial score (nSPS) is 24.6. The summed E-state index contributed by atoms with van der Waals surface area (Å²) in [4.78, 5) is 55.2. The maximum absolute atomic E-state index is 13.9. The molecule has 2 fully saturated rings. The molecule has 382 valence electrons. The first-order valence-corrected chi connectivity index (χ1v) is 25.4. The predicted octanol–water partition coefficient (Wildman–Crippen LogP) is 4.97. The minimum atomic E-state index is -1.12. The second-order valence-electron chi connectivity index (χ2n) is 17.7. The summed E-state index contributed by atoms with van der Waals surface area (Å²) in [5.41, 5.74) is 16.8. The van der Waals surface area contributed by atoms with Crippen molar-refractivity contribution in [2.24, 2.45) is 35.1 Å². The van der Waals surface area contributed by atoms with Gasteiger partial charge in [-0.25, -0.2) is 0 Å². The zero-order valence-corrected chi connectivity index (χ0v) is 41.6. The van der Waals surface area contributed by atoms with E-state index in [-0.39, 0.29) is 38.3 Å². The average molecular weight is 1030 g/mol. The maximum Gasteiger partial charge on any atom is 0.324 e. The molecule has 6 aliphatic rings. The minimum Gasteiger partial charge on any atom is -0.493 e. The molecule has 0 spiro atoms. The molecule has 2 saturated heterocycles. The Hall–Kier alpha value is -6.62. The molecule has 4 aromatic rings. The summed E-state index contributed by atoms with van der Waals surface area (Å²) in [5, 5.41) is 0. The van der Waals surface area contributed by atoms with Crippen LogP contribution >= 0.6 is 21.6 Å². The number of nitrogens with two attached hydrogens (primary N) is 2. The maximum atomic E-state index is 13.9. The predicted molar refractivity (Wildman–Crippen MR) is 255 cm³/mol. The van der Waals surface area contributed by atoms with E-state index < -0.39 is 83.7 Å². The topological polar surface area (TPSA) is 250 Å². The summed E-state index contributed by atoms with van der Waals surface area (Å²) >= 11 is 0. The molecule has 4 aliphatic heterocycles. The van der Waals surface area contributed by atoms with Gasteiger partial charge >= 0.3 is 23.9 Å². The second-order valence-corrected chi connectivity index (χ2v) is 20.2. The van der Waals surface area contributed by atoms with Gasteiger partial charge in [-0.15, -0.1) is 0 Å². The van der Waals surface area contributed by atoms with E-state index >= 15 is 0 Å². The van der Waals surface area contributed by atoms with E-state index in [1.54, 1.807) is 48.5 Å². The largest absolute Gasteiger partial charge is 0.493 e. The summed E-state index contributed by atoms with van der Waals surface area (Å²) in [5.74, 6) is -1.91. The van der Waals surface area contributed by atoms with Crippen LogP contribution in [-0.2, 0) is 38.1 Å². The van der Waals surface area contributed by atoms with Gasteiger partial charge < -0.3 is 77.8 Å². The fraction of sp³-hybridized carbons (Fsp3) is 0.440. The van der Waals surface area contributed by atoms with Crippen LogP contribution in [0.3, 0.4) is 0 Å². The Morgan fingerprint density at radius 1 is 0.514 bits per heavy atom. The highest BCUT2D eigenvalue weighted by atomic mass is 33.1. The Kier molecular flexibility index (Phi) is 13.7. The minimum absolute atomic E-state index is 0.00955. The van der Waals surface area contributed by atoms with Crippen molar-refractivity contribution in [3.05, 3.63) is 81.9 Å². The first kappa shape index (κ1) is 49.0. The number of ether oxygens (including phenoxy) is 14. The Bertz CT molecular complexity index is 2570. The lowest BCUT2D eigenvalue weighted by Gasteiger charge is -2.39. The average Bonchev–Trinajstić information content (AvgIpc) is 4.23. The smallest absolute Gasteiger partial charge is 0.324 e. The van der Waals surface area contributed by atoms with E-state index in [9.17, 15) is 19.2 Å². The van der Waals surface area contributed by atoms with Crippen molar-refractivity contribution in [2.45, 2.75) is 36.1 Å². The first-order valence-electron chi connectivity index (χ1n) is 22.9. The summed E-state index contributed by atoms with van der Waals surface area (Å²) in [6.45, 7) is -0.0482. The third-order valence-corrected chi connectivity index (χ3v) is 16.5. The van der Waals surface area contributed by atoms with Crippen LogP contribution in [0.4, 0.5) is 0 Å². The Labute approximate surface area is 421 Å². The van der Waals surface area contributed by atoms with Crippen molar-refractivity contribution in [1.82, 2.24) is 0 Å². The molecule has 4 heterocycles. The Morgan fingerprint density at radius 3 is 1.17 bits per heavy atom. The van der Waals surface area contributed by atoms with E-state index in [4.69, 9.17) is 77.8 Å². The van der Waals surface area contributed by atoms with Gasteiger partial charge in [0.25, 0.3) is 0 Å². The quantitative estimate of drug-likeness (QED) is 0.0613. The molecule has 4 N–H and O–H groups in total. The number of benzene rings is 4. The van der Waals surface area contributed by atoms with E-state index in [1.165, 1.54) is 64.2 Å². The van der Waals surface area contributed by atoms with Crippen LogP contribution in [0.2, 0.25) is 0 Å². The zero-order valence-electron chi connectivity index (χ0n) is 40.0. The third kappa shape index (κ3) is 8.50. The van der Waals surface area contributed by atoms with Gasteiger partial charge in [-0.05, 0) is 70.8 Å². The molecule has 0 bridgehead atoms. The molecule has 4 aromatic carbocycles. The number of methoxy groups -OCH3 is 6. The molecule has 10 rings (SSSR count). The van der Waals surface area contributed by atoms with Crippen LogP contribution in [0.1, 0.15) is 57.4 Å². The molecule has 10 atom stereocenters. The van der Waals surface area contributed by atoms with Gasteiger partial charge in [0.1, 0.15) is 24.3 Å². The van der Waals surface area contributed by atoms with E-state index in [2.05, 4.69) is 0 Å². The molecule has 2 aliphatic carbocycles. The molecule has 0 saturated carbocycles. The fourth-order valence-corrected chi connectivity index (χ4v) is 12.9. The molecule has 0 unspecified atom stereocenters. The van der Waals surface area contributed by atoms with Crippen LogP contribution in [0.25, 0.3) is 0 Å². The highest BCUT2D eigenvalue weighted by Crippen LogP contribution is 2.59. The van der Waals surface area contributed by atoms with E-state index in [0.717, 1.165) is 0 Å². The van der Waals surface area contributed by atoms with Gasteiger partial charge in [0.2, 0.25) is 25.1 Å².